The van der Waals surface area contributed by atoms with Crippen molar-refractivity contribution in [3.8, 4) is 0 Å². The van der Waals surface area contributed by atoms with Crippen LogP contribution in [-0.2, 0) is 6.54 Å². The number of pyridine rings is 1. The second-order valence-electron chi connectivity index (χ2n) is 3.44. The van der Waals surface area contributed by atoms with Gasteiger partial charge >= 0.3 is 0 Å². The lowest BCUT2D eigenvalue weighted by atomic mass is 10.2. The standard InChI is InChI=1S/C10H14N2/c1-9-3-4-10(7-11-9)8-12-5-2-6-12/h3-4,7H,2,5-6,8H2,1H3. The van der Waals surface area contributed by atoms with E-state index in [9.17, 15) is 0 Å². The monoisotopic (exact) mass is 162 g/mol. The minimum atomic E-state index is 1.08. The molecule has 1 saturated heterocycles. The first-order valence-corrected chi connectivity index (χ1v) is 4.48. The molecule has 1 aromatic heterocycles. The molecule has 0 aromatic carbocycles. The molecule has 0 atom stereocenters. The molecule has 0 N–H and O–H groups in total. The molecule has 0 bridgehead atoms. The van der Waals surface area contributed by atoms with Crippen molar-refractivity contribution in [2.45, 2.75) is 19.9 Å². The molecule has 0 saturated carbocycles. The van der Waals surface area contributed by atoms with E-state index in [2.05, 4.69) is 22.0 Å². The van der Waals surface area contributed by atoms with E-state index in [1.54, 1.807) is 0 Å². The Morgan fingerprint density at radius 1 is 1.42 bits per heavy atom. The summed E-state index contributed by atoms with van der Waals surface area (Å²) in [4.78, 5) is 6.70. The minimum Gasteiger partial charge on any atom is -0.299 e. The topological polar surface area (TPSA) is 16.1 Å². The van der Waals surface area contributed by atoms with E-state index < -0.39 is 0 Å². The van der Waals surface area contributed by atoms with E-state index in [1.165, 1.54) is 25.1 Å². The quantitative estimate of drug-likeness (QED) is 0.656. The molecule has 0 unspecified atom stereocenters. The van der Waals surface area contributed by atoms with Crippen LogP contribution >= 0.6 is 0 Å². The SMILES string of the molecule is Cc1ccc(CN2CCC2)cn1. The van der Waals surface area contributed by atoms with Crippen molar-refractivity contribution in [2.24, 2.45) is 0 Å². The third-order valence-electron chi connectivity index (χ3n) is 2.33. The predicted octanol–water partition coefficient (Wildman–Crippen LogP) is 1.60. The molecule has 0 spiro atoms. The molecule has 1 aliphatic rings. The van der Waals surface area contributed by atoms with Gasteiger partial charge in [0, 0.05) is 18.4 Å². The van der Waals surface area contributed by atoms with Gasteiger partial charge in [-0.05, 0) is 38.1 Å². The zero-order chi connectivity index (χ0) is 8.39. The van der Waals surface area contributed by atoms with Crippen molar-refractivity contribution in [2.75, 3.05) is 13.1 Å². The first kappa shape index (κ1) is 7.74. The summed E-state index contributed by atoms with van der Waals surface area (Å²) in [7, 11) is 0. The summed E-state index contributed by atoms with van der Waals surface area (Å²) in [5, 5.41) is 0. The van der Waals surface area contributed by atoms with Crippen molar-refractivity contribution in [1.29, 1.82) is 0 Å². The van der Waals surface area contributed by atoms with Crippen LogP contribution in [0.25, 0.3) is 0 Å². The summed E-state index contributed by atoms with van der Waals surface area (Å²) in [5.74, 6) is 0. The number of nitrogens with zero attached hydrogens (tertiary/aromatic N) is 2. The smallest absolute Gasteiger partial charge is 0.0372 e. The summed E-state index contributed by atoms with van der Waals surface area (Å²) >= 11 is 0. The van der Waals surface area contributed by atoms with Crippen molar-refractivity contribution >= 4 is 0 Å². The molecular formula is C10H14N2. The van der Waals surface area contributed by atoms with Gasteiger partial charge < -0.3 is 0 Å². The number of hydrogen-bond donors (Lipinski definition) is 0. The number of likely N-dealkylation sites (tertiary alicyclic amines) is 1. The zero-order valence-corrected chi connectivity index (χ0v) is 7.45. The number of aryl methyl sites for hydroxylation is 1. The highest BCUT2D eigenvalue weighted by Crippen LogP contribution is 2.11. The Morgan fingerprint density at radius 2 is 2.25 bits per heavy atom. The van der Waals surface area contributed by atoms with Gasteiger partial charge in [0.25, 0.3) is 0 Å². The normalized spacial score (nSPS) is 17.4. The van der Waals surface area contributed by atoms with Crippen LogP contribution in [0.1, 0.15) is 17.7 Å². The fourth-order valence-electron chi connectivity index (χ4n) is 1.39. The average Bonchev–Trinajstić information content (AvgIpc) is 2.00. The Labute approximate surface area is 73.2 Å². The maximum Gasteiger partial charge on any atom is 0.0372 e. The minimum absolute atomic E-state index is 1.08. The molecule has 64 valence electrons. The molecule has 2 nitrogen and oxygen atoms in total. The fourth-order valence-corrected chi connectivity index (χ4v) is 1.39. The van der Waals surface area contributed by atoms with E-state index in [4.69, 9.17) is 0 Å². The van der Waals surface area contributed by atoms with Gasteiger partial charge in [0.15, 0.2) is 0 Å². The van der Waals surface area contributed by atoms with E-state index in [0.717, 1.165) is 12.2 Å². The van der Waals surface area contributed by atoms with E-state index in [1.807, 2.05) is 13.1 Å². The molecule has 0 aliphatic carbocycles. The molecular weight excluding hydrogens is 148 g/mol. The largest absolute Gasteiger partial charge is 0.299 e. The molecule has 12 heavy (non-hydrogen) atoms. The third kappa shape index (κ3) is 1.64. The van der Waals surface area contributed by atoms with E-state index in [0.29, 0.717) is 0 Å². The summed E-state index contributed by atoms with van der Waals surface area (Å²) in [5.41, 5.74) is 2.43. The van der Waals surface area contributed by atoms with Gasteiger partial charge in [-0.3, -0.25) is 9.88 Å². The molecule has 1 aliphatic heterocycles. The number of aromatic nitrogens is 1. The molecule has 0 radical (unpaired) electrons. The predicted molar refractivity (Wildman–Crippen MR) is 48.9 cm³/mol. The lowest BCUT2D eigenvalue weighted by Gasteiger charge is -2.30. The van der Waals surface area contributed by atoms with Gasteiger partial charge in [-0.1, -0.05) is 6.07 Å². The summed E-state index contributed by atoms with van der Waals surface area (Å²) < 4.78 is 0. The highest BCUT2D eigenvalue weighted by Gasteiger charge is 2.13. The summed E-state index contributed by atoms with van der Waals surface area (Å²) in [6.45, 7) is 5.61. The third-order valence-corrected chi connectivity index (χ3v) is 2.33. The molecule has 1 aromatic rings. The van der Waals surface area contributed by atoms with Gasteiger partial charge in [0.1, 0.15) is 0 Å². The van der Waals surface area contributed by atoms with Crippen LogP contribution in [0.15, 0.2) is 18.3 Å². The average molecular weight is 162 g/mol. The molecule has 0 amide bonds. The summed E-state index contributed by atoms with van der Waals surface area (Å²) in [6.07, 6.45) is 3.34. The molecule has 1 fully saturated rings. The van der Waals surface area contributed by atoms with Crippen LogP contribution in [0.5, 0.6) is 0 Å². The van der Waals surface area contributed by atoms with Crippen LogP contribution in [0.4, 0.5) is 0 Å². The maximum absolute atomic E-state index is 4.26. The van der Waals surface area contributed by atoms with Crippen LogP contribution in [0.2, 0.25) is 0 Å². The Hall–Kier alpha value is -0.890. The molecule has 2 heterocycles. The van der Waals surface area contributed by atoms with Gasteiger partial charge in [0.05, 0.1) is 0 Å². The maximum atomic E-state index is 4.26. The van der Waals surface area contributed by atoms with Crippen LogP contribution < -0.4 is 0 Å². The van der Waals surface area contributed by atoms with E-state index in [-0.39, 0.29) is 0 Å². The van der Waals surface area contributed by atoms with Crippen molar-refractivity contribution in [3.63, 3.8) is 0 Å². The van der Waals surface area contributed by atoms with Gasteiger partial charge in [-0.15, -0.1) is 0 Å². The van der Waals surface area contributed by atoms with Crippen molar-refractivity contribution in [3.05, 3.63) is 29.6 Å². The molecule has 2 rings (SSSR count). The molecule has 2 heteroatoms. The second kappa shape index (κ2) is 3.23. The lowest BCUT2D eigenvalue weighted by molar-refractivity contribution is 0.172. The fraction of sp³-hybridized carbons (Fsp3) is 0.500. The zero-order valence-electron chi connectivity index (χ0n) is 7.45. The second-order valence-corrected chi connectivity index (χ2v) is 3.44. The lowest BCUT2D eigenvalue weighted by Crippen LogP contribution is -2.36. The summed E-state index contributed by atoms with van der Waals surface area (Å²) in [6, 6.07) is 4.25. The first-order valence-electron chi connectivity index (χ1n) is 4.48. The van der Waals surface area contributed by atoms with Gasteiger partial charge in [-0.25, -0.2) is 0 Å². The Kier molecular flexibility index (Phi) is 2.09. The van der Waals surface area contributed by atoms with Crippen molar-refractivity contribution < 1.29 is 0 Å². The van der Waals surface area contributed by atoms with Crippen LogP contribution in [0.3, 0.4) is 0 Å². The Bertz CT molecular complexity index is 249. The van der Waals surface area contributed by atoms with Crippen LogP contribution in [-0.4, -0.2) is 23.0 Å². The first-order chi connectivity index (χ1) is 5.84. The van der Waals surface area contributed by atoms with Gasteiger partial charge in [0.2, 0.25) is 0 Å². The number of hydrogen-bond acceptors (Lipinski definition) is 2. The Morgan fingerprint density at radius 3 is 2.75 bits per heavy atom. The van der Waals surface area contributed by atoms with E-state index >= 15 is 0 Å². The van der Waals surface area contributed by atoms with Gasteiger partial charge in [-0.2, -0.15) is 0 Å². The number of rotatable bonds is 2. The van der Waals surface area contributed by atoms with Crippen molar-refractivity contribution in [1.82, 2.24) is 9.88 Å². The highest BCUT2D eigenvalue weighted by molar-refractivity contribution is 5.13. The highest BCUT2D eigenvalue weighted by atomic mass is 15.2. The van der Waals surface area contributed by atoms with Crippen LogP contribution in [0, 0.1) is 6.92 Å². The Balaban J connectivity index is 1.98.